The molecule has 96 valence electrons. The highest BCUT2D eigenvalue weighted by Gasteiger charge is 2.65. The zero-order chi connectivity index (χ0) is 13.1. The molecule has 0 atom stereocenters. The second-order valence-electron chi connectivity index (χ2n) is 4.77. The molecule has 0 unspecified atom stereocenters. The first-order valence-corrected chi connectivity index (χ1v) is 6.05. The summed E-state index contributed by atoms with van der Waals surface area (Å²) in [5, 5.41) is 0. The van der Waals surface area contributed by atoms with Crippen LogP contribution in [-0.4, -0.2) is 15.7 Å². The van der Waals surface area contributed by atoms with Crippen LogP contribution in [0.4, 0.5) is 13.2 Å². The molecule has 2 nitrogen and oxygen atoms in total. The quantitative estimate of drug-likeness (QED) is 0.776. The average molecular weight is 272 g/mol. The van der Waals surface area contributed by atoms with Crippen molar-refractivity contribution in [3.63, 3.8) is 0 Å². The van der Waals surface area contributed by atoms with Gasteiger partial charge in [0.25, 0.3) is 0 Å². The van der Waals surface area contributed by atoms with Crippen LogP contribution in [0.2, 0.25) is 0 Å². The maximum absolute atomic E-state index is 13.2. The van der Waals surface area contributed by atoms with Gasteiger partial charge in [0.15, 0.2) is 4.77 Å². The first-order chi connectivity index (χ1) is 8.37. The molecule has 3 rings (SSSR count). The summed E-state index contributed by atoms with van der Waals surface area (Å²) in [5.41, 5.74) is 0.234. The molecule has 1 aromatic heterocycles. The molecule has 0 amide bonds. The molecule has 0 spiro atoms. The summed E-state index contributed by atoms with van der Waals surface area (Å²) in [7, 11) is 0. The van der Waals surface area contributed by atoms with Crippen molar-refractivity contribution in [2.24, 2.45) is 0 Å². The largest absolute Gasteiger partial charge is 0.412 e. The molecule has 1 N–H and O–H groups in total. The lowest BCUT2D eigenvalue weighted by molar-refractivity contribution is -0.179. The third kappa shape index (κ3) is 1.38. The molecular formula is C12H11F3N2S. The predicted molar refractivity (Wildman–Crippen MR) is 65.1 cm³/mol. The number of nitrogens with one attached hydrogen (secondary N) is 1. The fraction of sp³-hybridized carbons (Fsp3) is 0.417. The van der Waals surface area contributed by atoms with Crippen LogP contribution in [0.5, 0.6) is 0 Å². The first-order valence-electron chi connectivity index (χ1n) is 5.64. The normalized spacial score (nSPS) is 18.2. The van der Waals surface area contributed by atoms with Gasteiger partial charge in [-0.2, -0.15) is 13.2 Å². The maximum atomic E-state index is 13.2. The summed E-state index contributed by atoms with van der Waals surface area (Å²) >= 11 is 5.08. The number of alkyl halides is 3. The number of imidazole rings is 1. The number of halogens is 3. The van der Waals surface area contributed by atoms with Gasteiger partial charge in [0.05, 0.1) is 11.0 Å². The molecule has 2 aromatic rings. The van der Waals surface area contributed by atoms with E-state index in [1.807, 2.05) is 0 Å². The molecule has 1 saturated carbocycles. The molecule has 18 heavy (non-hydrogen) atoms. The van der Waals surface area contributed by atoms with Crippen LogP contribution in [0.3, 0.4) is 0 Å². The summed E-state index contributed by atoms with van der Waals surface area (Å²) in [6.07, 6.45) is -4.05. The van der Waals surface area contributed by atoms with E-state index < -0.39 is 11.7 Å². The number of aryl methyl sites for hydroxylation is 1. The summed E-state index contributed by atoms with van der Waals surface area (Å²) in [6.45, 7) is 1.80. The summed E-state index contributed by atoms with van der Waals surface area (Å²) in [4.78, 5) is 2.86. The average Bonchev–Trinajstić information content (AvgIpc) is 2.97. The Morgan fingerprint density at radius 3 is 2.56 bits per heavy atom. The number of rotatable bonds is 1. The van der Waals surface area contributed by atoms with E-state index in [1.165, 1.54) is 4.57 Å². The number of benzene rings is 1. The number of aromatic amines is 1. The van der Waals surface area contributed by atoms with Gasteiger partial charge in [-0.25, -0.2) is 0 Å². The molecule has 1 fully saturated rings. The van der Waals surface area contributed by atoms with Gasteiger partial charge in [-0.05, 0) is 43.6 Å². The van der Waals surface area contributed by atoms with Crippen molar-refractivity contribution in [2.75, 3.05) is 0 Å². The predicted octanol–water partition coefficient (Wildman–Crippen LogP) is 4.06. The van der Waals surface area contributed by atoms with E-state index in [-0.39, 0.29) is 17.6 Å². The van der Waals surface area contributed by atoms with Crippen molar-refractivity contribution in [3.05, 3.63) is 28.5 Å². The van der Waals surface area contributed by atoms with Crippen molar-refractivity contribution in [1.82, 2.24) is 9.55 Å². The van der Waals surface area contributed by atoms with Crippen molar-refractivity contribution in [1.29, 1.82) is 0 Å². The Labute approximate surface area is 106 Å². The Balaban J connectivity index is 2.37. The fourth-order valence-electron chi connectivity index (χ4n) is 2.49. The van der Waals surface area contributed by atoms with Crippen LogP contribution in [0.25, 0.3) is 11.0 Å². The Kier molecular flexibility index (Phi) is 2.21. The van der Waals surface area contributed by atoms with Gasteiger partial charge in [0.2, 0.25) is 0 Å². The second kappa shape index (κ2) is 3.38. The summed E-state index contributed by atoms with van der Waals surface area (Å²) in [6, 6.07) is 5.36. The van der Waals surface area contributed by atoms with E-state index in [0.717, 1.165) is 5.56 Å². The van der Waals surface area contributed by atoms with Gasteiger partial charge in [-0.3, -0.25) is 0 Å². The number of nitrogens with zero attached hydrogens (tertiary/aromatic N) is 1. The van der Waals surface area contributed by atoms with E-state index in [1.54, 1.807) is 25.1 Å². The summed E-state index contributed by atoms with van der Waals surface area (Å²) < 4.78 is 41.1. The molecule has 0 aliphatic heterocycles. The van der Waals surface area contributed by atoms with Gasteiger partial charge >= 0.3 is 6.18 Å². The number of hydrogen-bond donors (Lipinski definition) is 1. The number of fused-ring (bicyclic) bond motifs is 1. The van der Waals surface area contributed by atoms with Crippen LogP contribution in [0.15, 0.2) is 18.2 Å². The van der Waals surface area contributed by atoms with Crippen LogP contribution < -0.4 is 0 Å². The van der Waals surface area contributed by atoms with E-state index in [4.69, 9.17) is 12.2 Å². The molecule has 0 radical (unpaired) electrons. The summed E-state index contributed by atoms with van der Waals surface area (Å²) in [5.74, 6) is 0. The third-order valence-electron chi connectivity index (χ3n) is 3.59. The van der Waals surface area contributed by atoms with Crippen molar-refractivity contribution in [2.45, 2.75) is 31.5 Å². The fourth-order valence-corrected chi connectivity index (χ4v) is 2.87. The Morgan fingerprint density at radius 2 is 2.00 bits per heavy atom. The molecule has 0 saturated heterocycles. The van der Waals surface area contributed by atoms with Crippen molar-refractivity contribution >= 4 is 23.3 Å². The highest BCUT2D eigenvalue weighted by atomic mass is 32.1. The minimum absolute atomic E-state index is 0.103. The lowest BCUT2D eigenvalue weighted by Gasteiger charge is -2.22. The molecule has 1 heterocycles. The maximum Gasteiger partial charge on any atom is 0.412 e. The van der Waals surface area contributed by atoms with Crippen LogP contribution in [-0.2, 0) is 5.54 Å². The van der Waals surface area contributed by atoms with E-state index >= 15 is 0 Å². The Hall–Kier alpha value is -1.30. The molecule has 0 bridgehead atoms. The molecular weight excluding hydrogens is 261 g/mol. The van der Waals surface area contributed by atoms with Gasteiger partial charge in [-0.15, -0.1) is 0 Å². The SMILES string of the molecule is Cc1cccc2[nH]c(=S)n(C3(C(F)(F)F)CC3)c12. The molecule has 1 aromatic carbocycles. The minimum Gasteiger partial charge on any atom is -0.331 e. The van der Waals surface area contributed by atoms with E-state index in [0.29, 0.717) is 11.0 Å². The van der Waals surface area contributed by atoms with E-state index in [9.17, 15) is 13.2 Å². The lowest BCUT2D eigenvalue weighted by Crippen LogP contribution is -2.35. The van der Waals surface area contributed by atoms with E-state index in [2.05, 4.69) is 4.98 Å². The van der Waals surface area contributed by atoms with Crippen LogP contribution in [0, 0.1) is 11.7 Å². The van der Waals surface area contributed by atoms with Gasteiger partial charge in [-0.1, -0.05) is 12.1 Å². The zero-order valence-electron chi connectivity index (χ0n) is 9.64. The Morgan fingerprint density at radius 1 is 1.33 bits per heavy atom. The first kappa shape index (κ1) is 11.8. The number of aromatic nitrogens is 2. The van der Waals surface area contributed by atoms with Crippen LogP contribution >= 0.6 is 12.2 Å². The smallest absolute Gasteiger partial charge is 0.331 e. The van der Waals surface area contributed by atoms with Gasteiger partial charge < -0.3 is 9.55 Å². The standard InChI is InChI=1S/C12H11F3N2S/c1-7-3-2-4-8-9(7)17(10(18)16-8)11(5-6-11)12(13,14)15/h2-4H,5-6H2,1H3,(H,16,18). The lowest BCUT2D eigenvalue weighted by atomic mass is 10.1. The van der Waals surface area contributed by atoms with Gasteiger partial charge in [0, 0.05) is 0 Å². The molecule has 6 heteroatoms. The Bertz CT molecular complexity index is 677. The highest BCUT2D eigenvalue weighted by Crippen LogP contribution is 2.56. The number of H-pyrrole nitrogens is 1. The van der Waals surface area contributed by atoms with Gasteiger partial charge in [0.1, 0.15) is 5.54 Å². The number of para-hydroxylation sites is 1. The van der Waals surface area contributed by atoms with Crippen LogP contribution in [0.1, 0.15) is 18.4 Å². The zero-order valence-corrected chi connectivity index (χ0v) is 10.5. The van der Waals surface area contributed by atoms with Crippen molar-refractivity contribution < 1.29 is 13.2 Å². The molecule has 1 aliphatic carbocycles. The number of hydrogen-bond acceptors (Lipinski definition) is 1. The third-order valence-corrected chi connectivity index (χ3v) is 3.87. The van der Waals surface area contributed by atoms with Crippen molar-refractivity contribution in [3.8, 4) is 0 Å². The monoisotopic (exact) mass is 272 g/mol. The molecule has 1 aliphatic rings. The topological polar surface area (TPSA) is 20.7 Å². The highest BCUT2D eigenvalue weighted by molar-refractivity contribution is 7.71. The minimum atomic E-state index is -4.26. The second-order valence-corrected chi connectivity index (χ2v) is 5.15.